The van der Waals surface area contributed by atoms with E-state index in [1.807, 2.05) is 20.8 Å². The van der Waals surface area contributed by atoms with E-state index in [4.69, 9.17) is 4.74 Å². The predicted molar refractivity (Wildman–Crippen MR) is 67.4 cm³/mol. The van der Waals surface area contributed by atoms with Gasteiger partial charge in [0.15, 0.2) is 0 Å². The molecule has 0 spiro atoms. The minimum Gasteiger partial charge on any atom is -0.481 e. The maximum Gasteiger partial charge on any atom is 0.410 e. The maximum absolute atomic E-state index is 11.9. The van der Waals surface area contributed by atoms with Gasteiger partial charge in [-0.2, -0.15) is 0 Å². The summed E-state index contributed by atoms with van der Waals surface area (Å²) in [5.41, 5.74) is -1.24. The molecule has 1 rings (SSSR count). The van der Waals surface area contributed by atoms with Crippen molar-refractivity contribution >= 4 is 12.1 Å². The third-order valence-electron chi connectivity index (χ3n) is 3.26. The van der Waals surface area contributed by atoms with Crippen LogP contribution in [0, 0.1) is 5.41 Å². The Hall–Kier alpha value is -1.26. The molecule has 104 valence electrons. The number of rotatable bonds is 1. The molecule has 1 fully saturated rings. The number of carboxylic acid groups (broad SMARTS) is 1. The largest absolute Gasteiger partial charge is 0.481 e. The lowest BCUT2D eigenvalue weighted by Gasteiger charge is -2.27. The maximum atomic E-state index is 11.9. The van der Waals surface area contributed by atoms with Crippen LogP contribution in [-0.4, -0.2) is 40.8 Å². The molecule has 0 radical (unpaired) electrons. The zero-order chi connectivity index (χ0) is 14.0. The number of carbonyl (C=O) groups excluding carboxylic acids is 1. The van der Waals surface area contributed by atoms with E-state index in [2.05, 4.69) is 0 Å². The first-order chi connectivity index (χ1) is 8.14. The monoisotopic (exact) mass is 257 g/mol. The van der Waals surface area contributed by atoms with Gasteiger partial charge in [0.1, 0.15) is 5.60 Å². The number of aliphatic carboxylic acids is 1. The Morgan fingerprint density at radius 1 is 1.22 bits per heavy atom. The van der Waals surface area contributed by atoms with Gasteiger partial charge in [-0.1, -0.05) is 0 Å². The molecular weight excluding hydrogens is 234 g/mol. The van der Waals surface area contributed by atoms with Crippen LogP contribution in [0.1, 0.15) is 47.0 Å². The van der Waals surface area contributed by atoms with Gasteiger partial charge < -0.3 is 14.7 Å². The summed E-state index contributed by atoms with van der Waals surface area (Å²) in [5, 5.41) is 9.20. The highest BCUT2D eigenvalue weighted by Gasteiger charge is 2.36. The van der Waals surface area contributed by atoms with Crippen molar-refractivity contribution in [2.24, 2.45) is 5.41 Å². The van der Waals surface area contributed by atoms with E-state index in [0.717, 1.165) is 0 Å². The molecule has 1 amide bonds. The van der Waals surface area contributed by atoms with Crippen molar-refractivity contribution < 1.29 is 19.4 Å². The summed E-state index contributed by atoms with van der Waals surface area (Å²) in [6.45, 7) is 8.22. The van der Waals surface area contributed by atoms with Crippen molar-refractivity contribution in [2.75, 3.05) is 13.1 Å². The molecule has 0 unspecified atom stereocenters. The van der Waals surface area contributed by atoms with E-state index in [1.54, 1.807) is 11.8 Å². The Bertz CT molecular complexity index is 334. The van der Waals surface area contributed by atoms with Crippen LogP contribution in [0.2, 0.25) is 0 Å². The van der Waals surface area contributed by atoms with Gasteiger partial charge in [0, 0.05) is 13.1 Å². The molecule has 0 saturated carbocycles. The molecule has 1 aliphatic heterocycles. The fraction of sp³-hybridized carbons (Fsp3) is 0.846. The number of carboxylic acids is 1. The summed E-state index contributed by atoms with van der Waals surface area (Å²) in [7, 11) is 0. The first-order valence-corrected chi connectivity index (χ1v) is 6.35. The van der Waals surface area contributed by atoms with E-state index in [0.29, 0.717) is 32.4 Å². The SMILES string of the molecule is CC(C)(C)OC(=O)N1CCC[C@](C)(C(=O)O)CC1. The molecule has 0 aromatic rings. The molecule has 1 heterocycles. The van der Waals surface area contributed by atoms with Crippen molar-refractivity contribution in [3.63, 3.8) is 0 Å². The average molecular weight is 257 g/mol. The van der Waals surface area contributed by atoms with Crippen LogP contribution in [0.15, 0.2) is 0 Å². The second-order valence-corrected chi connectivity index (χ2v) is 6.19. The Labute approximate surface area is 108 Å². The summed E-state index contributed by atoms with van der Waals surface area (Å²) in [6.07, 6.45) is 1.42. The number of amides is 1. The van der Waals surface area contributed by atoms with E-state index in [-0.39, 0.29) is 6.09 Å². The molecule has 0 aromatic carbocycles. The van der Waals surface area contributed by atoms with Gasteiger partial charge in [0.25, 0.3) is 0 Å². The van der Waals surface area contributed by atoms with Crippen molar-refractivity contribution in [1.82, 2.24) is 4.90 Å². The van der Waals surface area contributed by atoms with Crippen LogP contribution < -0.4 is 0 Å². The lowest BCUT2D eigenvalue weighted by atomic mass is 9.83. The highest BCUT2D eigenvalue weighted by Crippen LogP contribution is 2.31. The number of carbonyl (C=O) groups is 2. The van der Waals surface area contributed by atoms with Crippen LogP contribution in [0.25, 0.3) is 0 Å². The Morgan fingerprint density at radius 3 is 2.33 bits per heavy atom. The zero-order valence-electron chi connectivity index (χ0n) is 11.7. The molecule has 5 nitrogen and oxygen atoms in total. The summed E-state index contributed by atoms with van der Waals surface area (Å²) >= 11 is 0. The van der Waals surface area contributed by atoms with Gasteiger partial charge in [0.05, 0.1) is 5.41 Å². The normalized spacial score (nSPS) is 25.4. The second-order valence-electron chi connectivity index (χ2n) is 6.19. The molecule has 18 heavy (non-hydrogen) atoms. The highest BCUT2D eigenvalue weighted by molar-refractivity contribution is 5.74. The van der Waals surface area contributed by atoms with Crippen LogP contribution in [0.4, 0.5) is 4.79 Å². The van der Waals surface area contributed by atoms with Crippen LogP contribution in [0.3, 0.4) is 0 Å². The van der Waals surface area contributed by atoms with E-state index in [1.165, 1.54) is 0 Å². The van der Waals surface area contributed by atoms with Crippen molar-refractivity contribution in [3.8, 4) is 0 Å². The Kier molecular flexibility index (Phi) is 4.24. The summed E-state index contributed by atoms with van der Waals surface area (Å²) in [6, 6.07) is 0. The molecule has 1 N–H and O–H groups in total. The highest BCUT2D eigenvalue weighted by atomic mass is 16.6. The topological polar surface area (TPSA) is 66.8 Å². The molecular formula is C13H23NO4. The lowest BCUT2D eigenvalue weighted by Crippen LogP contribution is -2.38. The standard InChI is InChI=1S/C13H23NO4/c1-12(2,3)18-11(17)14-8-5-6-13(4,7-9-14)10(15)16/h5-9H2,1-4H3,(H,15,16)/t13-/m0/s1. The first kappa shape index (κ1) is 14.8. The quantitative estimate of drug-likeness (QED) is 0.783. The third kappa shape index (κ3) is 3.89. The summed E-state index contributed by atoms with van der Waals surface area (Å²) in [4.78, 5) is 24.7. The van der Waals surface area contributed by atoms with Gasteiger partial charge in [-0.25, -0.2) is 4.79 Å². The molecule has 1 aliphatic rings. The van der Waals surface area contributed by atoms with E-state index < -0.39 is 17.0 Å². The lowest BCUT2D eigenvalue weighted by molar-refractivity contribution is -0.148. The predicted octanol–water partition coefficient (Wildman–Crippen LogP) is 2.50. The van der Waals surface area contributed by atoms with Crippen LogP contribution in [0.5, 0.6) is 0 Å². The third-order valence-corrected chi connectivity index (χ3v) is 3.26. The molecule has 0 bridgehead atoms. The molecule has 0 aliphatic carbocycles. The average Bonchev–Trinajstić information content (AvgIpc) is 2.38. The zero-order valence-corrected chi connectivity index (χ0v) is 11.7. The van der Waals surface area contributed by atoms with Gasteiger partial charge >= 0.3 is 12.1 Å². The molecule has 1 saturated heterocycles. The molecule has 5 heteroatoms. The number of nitrogens with zero attached hydrogens (tertiary/aromatic N) is 1. The van der Waals surface area contributed by atoms with Crippen LogP contribution >= 0.6 is 0 Å². The number of likely N-dealkylation sites (tertiary alicyclic amines) is 1. The summed E-state index contributed by atoms with van der Waals surface area (Å²) in [5.74, 6) is -0.784. The van der Waals surface area contributed by atoms with E-state index >= 15 is 0 Å². The first-order valence-electron chi connectivity index (χ1n) is 6.35. The molecule has 0 aromatic heterocycles. The minimum absolute atomic E-state index is 0.350. The van der Waals surface area contributed by atoms with Gasteiger partial charge in [-0.15, -0.1) is 0 Å². The van der Waals surface area contributed by atoms with Crippen molar-refractivity contribution in [1.29, 1.82) is 0 Å². The van der Waals surface area contributed by atoms with Gasteiger partial charge in [0.2, 0.25) is 0 Å². The fourth-order valence-electron chi connectivity index (χ4n) is 2.00. The Balaban J connectivity index is 2.62. The Morgan fingerprint density at radius 2 is 1.83 bits per heavy atom. The van der Waals surface area contributed by atoms with Gasteiger partial charge in [-0.05, 0) is 47.0 Å². The number of ether oxygens (including phenoxy) is 1. The van der Waals surface area contributed by atoms with Gasteiger partial charge in [-0.3, -0.25) is 4.79 Å². The summed E-state index contributed by atoms with van der Waals surface area (Å²) < 4.78 is 5.30. The van der Waals surface area contributed by atoms with E-state index in [9.17, 15) is 14.7 Å². The van der Waals surface area contributed by atoms with Crippen LogP contribution in [-0.2, 0) is 9.53 Å². The van der Waals surface area contributed by atoms with Crippen molar-refractivity contribution in [2.45, 2.75) is 52.6 Å². The van der Waals surface area contributed by atoms with Crippen molar-refractivity contribution in [3.05, 3.63) is 0 Å². The fourth-order valence-corrected chi connectivity index (χ4v) is 2.00. The number of hydrogen-bond acceptors (Lipinski definition) is 3. The second kappa shape index (κ2) is 5.16. The minimum atomic E-state index is -0.784. The number of hydrogen-bond donors (Lipinski definition) is 1. The molecule has 1 atom stereocenters. The smallest absolute Gasteiger partial charge is 0.410 e.